The minimum absolute atomic E-state index is 0.0453. The van der Waals surface area contributed by atoms with Crippen LogP contribution in [0.2, 0.25) is 0 Å². The van der Waals surface area contributed by atoms with Crippen LogP contribution in [0.1, 0.15) is 36.3 Å². The third kappa shape index (κ3) is 1.68. The summed E-state index contributed by atoms with van der Waals surface area (Å²) in [6.07, 6.45) is 1.95. The normalized spacial score (nSPS) is 15.0. The number of rotatable bonds is 1. The highest BCUT2D eigenvalue weighted by Gasteiger charge is 2.37. The van der Waals surface area contributed by atoms with E-state index in [9.17, 15) is 10.2 Å². The Balaban J connectivity index is 2.44. The summed E-state index contributed by atoms with van der Waals surface area (Å²) in [5.41, 5.74) is 0.0941. The fourth-order valence-corrected chi connectivity index (χ4v) is 2.64. The molecule has 1 unspecified atom stereocenters. The lowest BCUT2D eigenvalue weighted by molar-refractivity contribution is -0.618. The standard InChI is InChI=1S/C16H11N3O3/c1-2-12-11-5-3-4-6-19(11)13-14(20)9(7-17)10(8-18)15(21)16(13)22-12/h3-6,12H,2H2,1H3,(H-,20,21). The van der Waals surface area contributed by atoms with Gasteiger partial charge in [-0.25, -0.2) is 0 Å². The summed E-state index contributed by atoms with van der Waals surface area (Å²) in [5, 5.41) is 41.1. The summed E-state index contributed by atoms with van der Waals surface area (Å²) in [4.78, 5) is 0. The summed E-state index contributed by atoms with van der Waals surface area (Å²) in [5.74, 6) is -1.14. The lowest BCUT2D eigenvalue weighted by atomic mass is 10.0. The molecule has 1 aliphatic rings. The van der Waals surface area contributed by atoms with Crippen LogP contribution in [0.15, 0.2) is 24.4 Å². The van der Waals surface area contributed by atoms with E-state index in [1.54, 1.807) is 29.0 Å². The van der Waals surface area contributed by atoms with E-state index in [2.05, 4.69) is 0 Å². The first-order chi connectivity index (χ1) is 10.6. The van der Waals surface area contributed by atoms with E-state index in [4.69, 9.17) is 15.3 Å². The van der Waals surface area contributed by atoms with Gasteiger partial charge in [-0.15, -0.1) is 0 Å². The number of hydrogen-bond acceptors (Lipinski definition) is 5. The molecule has 0 fully saturated rings. The Morgan fingerprint density at radius 2 is 2.05 bits per heavy atom. The number of phenolic OH excluding ortho intramolecular Hbond substituents is 1. The van der Waals surface area contributed by atoms with Crippen LogP contribution in [0.5, 0.6) is 17.2 Å². The number of phenols is 1. The zero-order valence-corrected chi connectivity index (χ0v) is 11.7. The Labute approximate surface area is 126 Å². The molecule has 0 saturated heterocycles. The first kappa shape index (κ1) is 13.7. The van der Waals surface area contributed by atoms with E-state index >= 15 is 0 Å². The summed E-state index contributed by atoms with van der Waals surface area (Å²) < 4.78 is 7.34. The molecule has 6 nitrogen and oxygen atoms in total. The maximum Gasteiger partial charge on any atom is 0.250 e. The maximum absolute atomic E-state index is 12.5. The van der Waals surface area contributed by atoms with E-state index in [0.29, 0.717) is 6.42 Å². The number of nitrogens with zero attached hydrogens (tertiary/aromatic N) is 3. The minimum atomic E-state index is -0.626. The van der Waals surface area contributed by atoms with Crippen LogP contribution in [0.3, 0.4) is 0 Å². The minimum Gasteiger partial charge on any atom is -0.867 e. The molecule has 0 bridgehead atoms. The van der Waals surface area contributed by atoms with Crippen LogP contribution in [0, 0.1) is 22.7 Å². The molecule has 1 aromatic heterocycles. The van der Waals surface area contributed by atoms with Gasteiger partial charge >= 0.3 is 0 Å². The second-order valence-corrected chi connectivity index (χ2v) is 4.84. The van der Waals surface area contributed by atoms with E-state index in [1.165, 1.54) is 0 Å². The second kappa shape index (κ2) is 4.94. The molecule has 22 heavy (non-hydrogen) atoms. The third-order valence-electron chi connectivity index (χ3n) is 3.68. The van der Waals surface area contributed by atoms with Crippen molar-refractivity contribution < 1.29 is 19.5 Å². The van der Waals surface area contributed by atoms with Crippen LogP contribution < -0.4 is 14.4 Å². The van der Waals surface area contributed by atoms with Gasteiger partial charge in [-0.3, -0.25) is 0 Å². The monoisotopic (exact) mass is 293 g/mol. The van der Waals surface area contributed by atoms with Gasteiger partial charge in [0.1, 0.15) is 17.7 Å². The van der Waals surface area contributed by atoms with Gasteiger partial charge < -0.3 is 14.9 Å². The van der Waals surface area contributed by atoms with Crippen LogP contribution in [-0.2, 0) is 0 Å². The molecular weight excluding hydrogens is 282 g/mol. The predicted octanol–water partition coefficient (Wildman–Crippen LogP) is 1.33. The van der Waals surface area contributed by atoms with Crippen molar-refractivity contribution in [3.8, 4) is 35.1 Å². The van der Waals surface area contributed by atoms with Crippen LogP contribution in [0.25, 0.3) is 5.69 Å². The van der Waals surface area contributed by atoms with Gasteiger partial charge in [-0.2, -0.15) is 15.1 Å². The lowest BCUT2D eigenvalue weighted by Crippen LogP contribution is -2.42. The average molecular weight is 293 g/mol. The summed E-state index contributed by atoms with van der Waals surface area (Å²) in [6, 6.07) is 8.78. The van der Waals surface area contributed by atoms with Gasteiger partial charge in [0.05, 0.1) is 5.56 Å². The molecule has 2 aromatic rings. The van der Waals surface area contributed by atoms with Gasteiger partial charge in [0.25, 0.3) is 5.69 Å². The molecule has 6 heteroatoms. The first-order valence-electron chi connectivity index (χ1n) is 6.71. The van der Waals surface area contributed by atoms with Crippen molar-refractivity contribution >= 4 is 0 Å². The van der Waals surface area contributed by atoms with Crippen LogP contribution >= 0.6 is 0 Å². The molecule has 0 aliphatic carbocycles. The summed E-state index contributed by atoms with van der Waals surface area (Å²) >= 11 is 0. The second-order valence-electron chi connectivity index (χ2n) is 4.84. The molecule has 1 aromatic carbocycles. The number of fused-ring (bicyclic) bond motifs is 3. The molecule has 3 rings (SSSR count). The Morgan fingerprint density at radius 1 is 1.32 bits per heavy atom. The number of aromatic nitrogens is 1. The maximum atomic E-state index is 12.5. The van der Waals surface area contributed by atoms with Gasteiger partial charge in [0.2, 0.25) is 11.4 Å². The van der Waals surface area contributed by atoms with Crippen LogP contribution in [0.4, 0.5) is 0 Å². The molecule has 0 spiro atoms. The third-order valence-corrected chi connectivity index (χ3v) is 3.68. The number of hydrogen-bond donors (Lipinski definition) is 1. The summed E-state index contributed by atoms with van der Waals surface area (Å²) in [6.45, 7) is 1.91. The summed E-state index contributed by atoms with van der Waals surface area (Å²) in [7, 11) is 0. The molecule has 0 saturated carbocycles. The number of aromatic hydroxyl groups is 1. The molecule has 0 radical (unpaired) electrons. The Kier molecular flexibility index (Phi) is 3.08. The number of benzene rings is 1. The van der Waals surface area contributed by atoms with Crippen molar-refractivity contribution in [2.75, 3.05) is 0 Å². The number of nitriles is 2. The van der Waals surface area contributed by atoms with Gasteiger partial charge in [0, 0.05) is 12.1 Å². The Bertz CT molecular complexity index is 862. The number of ether oxygens (including phenoxy) is 1. The average Bonchev–Trinajstić information content (AvgIpc) is 2.56. The van der Waals surface area contributed by atoms with Crippen LogP contribution in [-0.4, -0.2) is 5.11 Å². The Morgan fingerprint density at radius 3 is 2.68 bits per heavy atom. The van der Waals surface area contributed by atoms with E-state index in [0.717, 1.165) is 5.69 Å². The quantitative estimate of drug-likeness (QED) is 0.799. The van der Waals surface area contributed by atoms with Crippen molar-refractivity contribution in [2.45, 2.75) is 19.4 Å². The fourth-order valence-electron chi connectivity index (χ4n) is 2.64. The molecule has 2 heterocycles. The fraction of sp³-hybridized carbons (Fsp3) is 0.188. The molecular formula is C16H11N3O3. The van der Waals surface area contributed by atoms with Crippen molar-refractivity contribution in [2.24, 2.45) is 0 Å². The molecule has 1 atom stereocenters. The smallest absolute Gasteiger partial charge is 0.250 e. The van der Waals surface area contributed by atoms with Gasteiger partial charge in [0.15, 0.2) is 18.1 Å². The van der Waals surface area contributed by atoms with Crippen molar-refractivity contribution in [1.29, 1.82) is 10.5 Å². The van der Waals surface area contributed by atoms with Crippen molar-refractivity contribution in [3.63, 3.8) is 0 Å². The highest BCUT2D eigenvalue weighted by molar-refractivity contribution is 5.72. The topological polar surface area (TPSA) is 104 Å². The van der Waals surface area contributed by atoms with Gasteiger partial charge in [-0.05, 0) is 18.2 Å². The highest BCUT2D eigenvalue weighted by Crippen LogP contribution is 2.46. The number of pyridine rings is 1. The van der Waals surface area contributed by atoms with E-state index in [1.807, 2.05) is 19.1 Å². The highest BCUT2D eigenvalue weighted by atomic mass is 16.5. The zero-order valence-electron chi connectivity index (χ0n) is 11.7. The van der Waals surface area contributed by atoms with Crippen molar-refractivity contribution in [3.05, 3.63) is 41.2 Å². The first-order valence-corrected chi connectivity index (χ1v) is 6.71. The van der Waals surface area contributed by atoms with E-state index in [-0.39, 0.29) is 28.7 Å². The molecule has 0 amide bonds. The van der Waals surface area contributed by atoms with Crippen molar-refractivity contribution in [1.82, 2.24) is 0 Å². The van der Waals surface area contributed by atoms with Gasteiger partial charge in [-0.1, -0.05) is 6.92 Å². The molecule has 1 aliphatic heterocycles. The van der Waals surface area contributed by atoms with E-state index < -0.39 is 11.5 Å². The predicted molar refractivity (Wildman–Crippen MR) is 72.2 cm³/mol. The Hall–Kier alpha value is -3.25. The lowest BCUT2D eigenvalue weighted by Gasteiger charge is -2.26. The largest absolute Gasteiger partial charge is 0.867 e. The molecule has 108 valence electrons. The SMILES string of the molecule is CCC1Oc2c(O)c(C#N)c(C#N)c([O-])c2-[n+]2ccccc21. The molecule has 1 N–H and O–H groups in total. The zero-order chi connectivity index (χ0) is 15.9.